The molecule has 6 nitrogen and oxygen atoms in total. The maximum Gasteiger partial charge on any atom is 0.331 e. The highest BCUT2D eigenvalue weighted by Gasteiger charge is 2.22. The first-order valence-electron chi connectivity index (χ1n) is 9.33. The van der Waals surface area contributed by atoms with E-state index in [0.29, 0.717) is 18.7 Å². The molecule has 0 spiro atoms. The zero-order valence-corrected chi connectivity index (χ0v) is 15.7. The summed E-state index contributed by atoms with van der Waals surface area (Å²) < 4.78 is 5.05. The number of hydrazone groups is 1. The van der Waals surface area contributed by atoms with Gasteiger partial charge in [0, 0.05) is 17.9 Å². The van der Waals surface area contributed by atoms with Crippen LogP contribution in [0.15, 0.2) is 77.9 Å². The molecule has 144 valence electrons. The van der Waals surface area contributed by atoms with Crippen LogP contribution in [0.4, 0.5) is 0 Å². The Bertz CT molecular complexity index is 1110. The number of carbonyl (C=O) groups is 2. The van der Waals surface area contributed by atoms with Crippen LogP contribution in [-0.4, -0.2) is 40.7 Å². The first-order chi connectivity index (χ1) is 14.2. The second-order valence-electron chi connectivity index (χ2n) is 6.55. The van der Waals surface area contributed by atoms with Crippen molar-refractivity contribution in [3.8, 4) is 0 Å². The van der Waals surface area contributed by atoms with Gasteiger partial charge < -0.3 is 4.74 Å². The predicted molar refractivity (Wildman–Crippen MR) is 111 cm³/mol. The van der Waals surface area contributed by atoms with Crippen molar-refractivity contribution in [2.75, 3.05) is 13.2 Å². The Morgan fingerprint density at radius 3 is 2.66 bits per heavy atom. The minimum atomic E-state index is -0.597. The van der Waals surface area contributed by atoms with Gasteiger partial charge >= 0.3 is 5.97 Å². The smallest absolute Gasteiger partial charge is 0.331 e. The third kappa shape index (κ3) is 4.55. The molecule has 6 heteroatoms. The number of para-hydroxylation sites is 1. The lowest BCUT2D eigenvalue weighted by Crippen LogP contribution is -2.28. The summed E-state index contributed by atoms with van der Waals surface area (Å²) in [6, 6.07) is 21.2. The van der Waals surface area contributed by atoms with Crippen molar-refractivity contribution in [3.63, 3.8) is 0 Å². The van der Waals surface area contributed by atoms with Crippen molar-refractivity contribution in [1.29, 1.82) is 0 Å². The maximum atomic E-state index is 12.3. The van der Waals surface area contributed by atoms with Gasteiger partial charge in [0.15, 0.2) is 6.61 Å². The van der Waals surface area contributed by atoms with E-state index in [9.17, 15) is 9.59 Å². The first-order valence-corrected chi connectivity index (χ1v) is 9.33. The van der Waals surface area contributed by atoms with E-state index in [1.807, 2.05) is 66.7 Å². The molecule has 3 aromatic rings. The molecule has 0 unspecified atom stereocenters. The number of hydrogen-bond acceptors (Lipinski definition) is 5. The molecule has 2 heterocycles. The van der Waals surface area contributed by atoms with Gasteiger partial charge in [-0.25, -0.2) is 14.8 Å². The Balaban J connectivity index is 1.31. The van der Waals surface area contributed by atoms with Gasteiger partial charge in [0.2, 0.25) is 0 Å². The number of hydrogen-bond donors (Lipinski definition) is 0. The van der Waals surface area contributed by atoms with Crippen LogP contribution in [0.5, 0.6) is 0 Å². The normalized spacial score (nSPS) is 13.7. The molecule has 29 heavy (non-hydrogen) atoms. The molecule has 1 aliphatic heterocycles. The molecular formula is C23H19N3O3. The van der Waals surface area contributed by atoms with Gasteiger partial charge in [0.25, 0.3) is 5.91 Å². The number of fused-ring (bicyclic) bond motifs is 1. The van der Waals surface area contributed by atoms with Gasteiger partial charge in [-0.05, 0) is 23.8 Å². The van der Waals surface area contributed by atoms with Gasteiger partial charge in [-0.2, -0.15) is 5.10 Å². The minimum absolute atomic E-state index is 0.346. The third-order valence-corrected chi connectivity index (χ3v) is 4.54. The number of amides is 1. The maximum absolute atomic E-state index is 12.3. The van der Waals surface area contributed by atoms with Crippen LogP contribution in [0, 0.1) is 0 Å². The first kappa shape index (κ1) is 18.6. The average molecular weight is 385 g/mol. The van der Waals surface area contributed by atoms with Crippen molar-refractivity contribution in [2.24, 2.45) is 5.10 Å². The molecule has 1 amide bonds. The second kappa shape index (κ2) is 8.48. The van der Waals surface area contributed by atoms with E-state index < -0.39 is 5.97 Å². The Morgan fingerprint density at radius 2 is 1.79 bits per heavy atom. The molecule has 0 bridgehead atoms. The molecular weight excluding hydrogens is 366 g/mol. The summed E-state index contributed by atoms with van der Waals surface area (Å²) in [5.74, 6) is -0.943. The van der Waals surface area contributed by atoms with E-state index >= 15 is 0 Å². The van der Waals surface area contributed by atoms with Crippen LogP contribution in [0.2, 0.25) is 0 Å². The van der Waals surface area contributed by atoms with Crippen LogP contribution in [-0.2, 0) is 14.3 Å². The van der Waals surface area contributed by atoms with Gasteiger partial charge in [0.05, 0.1) is 23.5 Å². The summed E-state index contributed by atoms with van der Waals surface area (Å²) >= 11 is 0. The standard InChI is InChI=1S/C23H19N3O3/c27-22(26-15-14-21(25-26)17-6-2-1-3-7-17)16-29-23(28)13-12-19-11-10-18-8-4-5-9-20(18)24-19/h1-13H,14-16H2. The van der Waals surface area contributed by atoms with E-state index in [1.54, 1.807) is 6.08 Å². The van der Waals surface area contributed by atoms with E-state index in [1.165, 1.54) is 11.1 Å². The fourth-order valence-electron chi connectivity index (χ4n) is 3.05. The number of rotatable bonds is 5. The number of benzene rings is 2. The minimum Gasteiger partial charge on any atom is -0.452 e. The monoisotopic (exact) mass is 385 g/mol. The molecule has 0 N–H and O–H groups in total. The molecule has 1 aromatic heterocycles. The number of pyridine rings is 1. The van der Waals surface area contributed by atoms with Crippen LogP contribution in [0.1, 0.15) is 17.7 Å². The zero-order chi connectivity index (χ0) is 20.1. The molecule has 1 aliphatic rings. The highest BCUT2D eigenvalue weighted by Crippen LogP contribution is 2.14. The van der Waals surface area contributed by atoms with Crippen LogP contribution in [0.25, 0.3) is 17.0 Å². The number of ether oxygens (including phenoxy) is 1. The molecule has 0 radical (unpaired) electrons. The lowest BCUT2D eigenvalue weighted by Gasteiger charge is -2.10. The average Bonchev–Trinajstić information content (AvgIpc) is 3.27. The Labute approximate surface area is 168 Å². The lowest BCUT2D eigenvalue weighted by molar-refractivity contribution is -0.147. The SMILES string of the molecule is O=C(C=Cc1ccc2ccccc2n1)OCC(=O)N1CCC(c2ccccc2)=N1. The van der Waals surface area contributed by atoms with E-state index in [0.717, 1.165) is 22.2 Å². The molecule has 0 saturated heterocycles. The second-order valence-corrected chi connectivity index (χ2v) is 6.55. The number of esters is 1. The summed E-state index contributed by atoms with van der Waals surface area (Å²) in [6.45, 7) is 0.136. The Hall–Kier alpha value is -3.80. The molecule has 0 fully saturated rings. The fraction of sp³-hybridized carbons (Fsp3) is 0.130. The zero-order valence-electron chi connectivity index (χ0n) is 15.7. The van der Waals surface area contributed by atoms with E-state index in [-0.39, 0.29) is 12.5 Å². The topological polar surface area (TPSA) is 71.9 Å². The summed E-state index contributed by atoms with van der Waals surface area (Å²) in [5, 5.41) is 6.72. The number of aromatic nitrogens is 1. The van der Waals surface area contributed by atoms with Gasteiger partial charge in [-0.1, -0.05) is 54.6 Å². The van der Waals surface area contributed by atoms with Gasteiger partial charge in [0.1, 0.15) is 0 Å². The summed E-state index contributed by atoms with van der Waals surface area (Å²) in [6.07, 6.45) is 3.52. The molecule has 0 aliphatic carbocycles. The summed E-state index contributed by atoms with van der Waals surface area (Å²) in [5.41, 5.74) is 3.33. The van der Waals surface area contributed by atoms with Crippen molar-refractivity contribution < 1.29 is 14.3 Å². The van der Waals surface area contributed by atoms with Crippen LogP contribution >= 0.6 is 0 Å². The largest absolute Gasteiger partial charge is 0.452 e. The number of carbonyl (C=O) groups excluding carboxylic acids is 2. The number of nitrogens with zero attached hydrogens (tertiary/aromatic N) is 3. The highest BCUT2D eigenvalue weighted by molar-refractivity contribution is 6.02. The molecule has 4 rings (SSSR count). The molecule has 0 atom stereocenters. The van der Waals surface area contributed by atoms with E-state index in [4.69, 9.17) is 4.74 Å². The predicted octanol–water partition coefficient (Wildman–Crippen LogP) is 3.43. The van der Waals surface area contributed by atoms with Gasteiger partial charge in [-0.3, -0.25) is 4.79 Å². The Kier molecular flexibility index (Phi) is 5.42. The van der Waals surface area contributed by atoms with Crippen LogP contribution < -0.4 is 0 Å². The van der Waals surface area contributed by atoms with Crippen molar-refractivity contribution in [2.45, 2.75) is 6.42 Å². The Morgan fingerprint density at radius 1 is 1.00 bits per heavy atom. The third-order valence-electron chi connectivity index (χ3n) is 4.54. The van der Waals surface area contributed by atoms with Crippen molar-refractivity contribution in [1.82, 2.24) is 9.99 Å². The van der Waals surface area contributed by atoms with Gasteiger partial charge in [-0.15, -0.1) is 0 Å². The highest BCUT2D eigenvalue weighted by atomic mass is 16.5. The van der Waals surface area contributed by atoms with Crippen molar-refractivity contribution in [3.05, 3.63) is 84.1 Å². The molecule has 2 aromatic carbocycles. The molecule has 0 saturated carbocycles. The quantitative estimate of drug-likeness (QED) is 0.498. The lowest BCUT2D eigenvalue weighted by atomic mass is 10.1. The summed E-state index contributed by atoms with van der Waals surface area (Å²) in [7, 11) is 0. The fourth-order valence-corrected chi connectivity index (χ4v) is 3.05. The van der Waals surface area contributed by atoms with E-state index in [2.05, 4.69) is 10.1 Å². The summed E-state index contributed by atoms with van der Waals surface area (Å²) in [4.78, 5) is 28.6. The van der Waals surface area contributed by atoms with Crippen molar-refractivity contribution >= 4 is 34.6 Å². The van der Waals surface area contributed by atoms with Crippen LogP contribution in [0.3, 0.4) is 0 Å².